The maximum Gasteiger partial charge on any atom is 0.227 e. The first-order chi connectivity index (χ1) is 11.9. The SMILES string of the molecule is Cc1ccc(CNC(=O)[C@H]2CC(=O)N(c3ccc(C)c(C)c3)C2)cc1. The van der Waals surface area contributed by atoms with Crippen molar-refractivity contribution in [3.8, 4) is 0 Å². The molecule has 0 aliphatic carbocycles. The van der Waals surface area contributed by atoms with E-state index in [0.717, 1.165) is 16.8 Å². The van der Waals surface area contributed by atoms with Gasteiger partial charge in [-0.3, -0.25) is 9.59 Å². The van der Waals surface area contributed by atoms with Crippen molar-refractivity contribution in [2.45, 2.75) is 33.7 Å². The van der Waals surface area contributed by atoms with Crippen molar-refractivity contribution in [1.82, 2.24) is 5.32 Å². The number of benzene rings is 2. The van der Waals surface area contributed by atoms with Crippen LogP contribution >= 0.6 is 0 Å². The monoisotopic (exact) mass is 336 g/mol. The van der Waals surface area contributed by atoms with E-state index >= 15 is 0 Å². The first kappa shape index (κ1) is 17.2. The Morgan fingerprint density at radius 3 is 2.48 bits per heavy atom. The fraction of sp³-hybridized carbons (Fsp3) is 0.333. The molecule has 4 nitrogen and oxygen atoms in total. The molecule has 130 valence electrons. The third-order valence-electron chi connectivity index (χ3n) is 4.89. The number of anilines is 1. The van der Waals surface area contributed by atoms with Gasteiger partial charge < -0.3 is 10.2 Å². The zero-order valence-electron chi connectivity index (χ0n) is 15.0. The number of rotatable bonds is 4. The summed E-state index contributed by atoms with van der Waals surface area (Å²) in [5, 5.41) is 2.96. The van der Waals surface area contributed by atoms with Gasteiger partial charge in [0.2, 0.25) is 11.8 Å². The molecule has 0 aromatic heterocycles. The molecule has 0 unspecified atom stereocenters. The van der Waals surface area contributed by atoms with Crippen LogP contribution in [-0.2, 0) is 16.1 Å². The molecule has 1 aliphatic rings. The third-order valence-corrected chi connectivity index (χ3v) is 4.89. The summed E-state index contributed by atoms with van der Waals surface area (Å²) in [6.07, 6.45) is 0.270. The molecular weight excluding hydrogens is 312 g/mol. The second-order valence-corrected chi connectivity index (χ2v) is 6.88. The minimum Gasteiger partial charge on any atom is -0.352 e. The molecule has 2 aromatic carbocycles. The summed E-state index contributed by atoms with van der Waals surface area (Å²) in [4.78, 5) is 26.5. The van der Waals surface area contributed by atoms with Crippen LogP contribution < -0.4 is 10.2 Å². The molecular formula is C21H24N2O2. The quantitative estimate of drug-likeness (QED) is 0.931. The highest BCUT2D eigenvalue weighted by atomic mass is 16.2. The number of nitrogens with zero attached hydrogens (tertiary/aromatic N) is 1. The van der Waals surface area contributed by atoms with Crippen LogP contribution in [0.5, 0.6) is 0 Å². The van der Waals surface area contributed by atoms with Crippen molar-refractivity contribution >= 4 is 17.5 Å². The summed E-state index contributed by atoms with van der Waals surface area (Å²) < 4.78 is 0. The minimum absolute atomic E-state index is 0.0127. The summed E-state index contributed by atoms with van der Waals surface area (Å²) in [7, 11) is 0. The summed E-state index contributed by atoms with van der Waals surface area (Å²) >= 11 is 0. The van der Waals surface area contributed by atoms with E-state index in [1.165, 1.54) is 11.1 Å². The molecule has 1 saturated heterocycles. The second-order valence-electron chi connectivity index (χ2n) is 6.88. The molecule has 2 aromatic rings. The Kier molecular flexibility index (Phi) is 4.88. The highest BCUT2D eigenvalue weighted by molar-refractivity contribution is 6.00. The molecule has 0 radical (unpaired) electrons. The number of nitrogens with one attached hydrogen (secondary N) is 1. The number of hydrogen-bond donors (Lipinski definition) is 1. The number of carbonyl (C=O) groups excluding carboxylic acids is 2. The average Bonchev–Trinajstić information content (AvgIpc) is 2.98. The van der Waals surface area contributed by atoms with Gasteiger partial charge in [0.1, 0.15) is 0 Å². The van der Waals surface area contributed by atoms with E-state index < -0.39 is 0 Å². The number of aryl methyl sites for hydroxylation is 3. The standard InChI is InChI=1S/C21H24N2O2/c1-14-4-7-17(8-5-14)12-22-21(25)18-11-20(24)23(13-18)19-9-6-15(2)16(3)10-19/h4-10,18H,11-13H2,1-3H3,(H,22,25)/t18-/m0/s1. The van der Waals surface area contributed by atoms with Crippen molar-refractivity contribution in [2.24, 2.45) is 5.92 Å². The maximum atomic E-state index is 12.4. The van der Waals surface area contributed by atoms with Crippen LogP contribution in [-0.4, -0.2) is 18.4 Å². The lowest BCUT2D eigenvalue weighted by Crippen LogP contribution is -2.32. The molecule has 3 rings (SSSR count). The van der Waals surface area contributed by atoms with Crippen LogP contribution in [0.25, 0.3) is 0 Å². The second kappa shape index (κ2) is 7.09. The van der Waals surface area contributed by atoms with E-state index in [9.17, 15) is 9.59 Å². The molecule has 0 bridgehead atoms. The van der Waals surface area contributed by atoms with E-state index in [-0.39, 0.29) is 24.2 Å². The zero-order chi connectivity index (χ0) is 18.0. The topological polar surface area (TPSA) is 49.4 Å². The predicted molar refractivity (Wildman–Crippen MR) is 99.4 cm³/mol. The Balaban J connectivity index is 1.62. The van der Waals surface area contributed by atoms with Crippen LogP contribution in [0, 0.1) is 26.7 Å². The van der Waals surface area contributed by atoms with Crippen LogP contribution in [0.15, 0.2) is 42.5 Å². The Labute approximate surface area is 148 Å². The molecule has 1 fully saturated rings. The van der Waals surface area contributed by atoms with Gasteiger partial charge >= 0.3 is 0 Å². The largest absolute Gasteiger partial charge is 0.352 e. The van der Waals surface area contributed by atoms with E-state index in [1.807, 2.05) is 63.2 Å². The highest BCUT2D eigenvalue weighted by Crippen LogP contribution is 2.27. The lowest BCUT2D eigenvalue weighted by Gasteiger charge is -2.18. The molecule has 25 heavy (non-hydrogen) atoms. The van der Waals surface area contributed by atoms with Crippen LogP contribution in [0.1, 0.15) is 28.7 Å². The Hall–Kier alpha value is -2.62. The van der Waals surface area contributed by atoms with E-state index in [4.69, 9.17) is 0 Å². The van der Waals surface area contributed by atoms with Gasteiger partial charge in [0.15, 0.2) is 0 Å². The van der Waals surface area contributed by atoms with Gasteiger partial charge in [-0.25, -0.2) is 0 Å². The van der Waals surface area contributed by atoms with E-state index in [0.29, 0.717) is 13.1 Å². The lowest BCUT2D eigenvalue weighted by atomic mass is 10.1. The van der Waals surface area contributed by atoms with Gasteiger partial charge in [-0.15, -0.1) is 0 Å². The fourth-order valence-electron chi connectivity index (χ4n) is 3.07. The molecule has 1 aliphatic heterocycles. The molecule has 4 heteroatoms. The molecule has 1 N–H and O–H groups in total. The van der Waals surface area contributed by atoms with Crippen molar-refractivity contribution in [1.29, 1.82) is 0 Å². The summed E-state index contributed by atoms with van der Waals surface area (Å²) in [5.41, 5.74) is 5.48. The number of carbonyl (C=O) groups is 2. The van der Waals surface area contributed by atoms with Crippen molar-refractivity contribution in [3.63, 3.8) is 0 Å². The van der Waals surface area contributed by atoms with E-state index in [2.05, 4.69) is 5.32 Å². The third kappa shape index (κ3) is 3.90. The van der Waals surface area contributed by atoms with Crippen molar-refractivity contribution in [3.05, 3.63) is 64.7 Å². The van der Waals surface area contributed by atoms with Gasteiger partial charge in [0.05, 0.1) is 5.92 Å². The molecule has 2 amide bonds. The Morgan fingerprint density at radius 1 is 1.08 bits per heavy atom. The lowest BCUT2D eigenvalue weighted by molar-refractivity contribution is -0.126. The van der Waals surface area contributed by atoms with Crippen LogP contribution in [0.3, 0.4) is 0 Å². The van der Waals surface area contributed by atoms with E-state index in [1.54, 1.807) is 4.90 Å². The number of amides is 2. The predicted octanol–water partition coefficient (Wildman–Crippen LogP) is 3.28. The van der Waals surface area contributed by atoms with Gasteiger partial charge in [0.25, 0.3) is 0 Å². The summed E-state index contributed by atoms with van der Waals surface area (Å²) in [5.74, 6) is -0.335. The zero-order valence-corrected chi connectivity index (χ0v) is 15.0. The van der Waals surface area contributed by atoms with Crippen LogP contribution in [0.4, 0.5) is 5.69 Å². The molecule has 1 atom stereocenters. The first-order valence-electron chi connectivity index (χ1n) is 8.65. The van der Waals surface area contributed by atoms with Gasteiger partial charge in [-0.05, 0) is 49.6 Å². The Morgan fingerprint density at radius 2 is 1.80 bits per heavy atom. The minimum atomic E-state index is -0.292. The van der Waals surface area contributed by atoms with Gasteiger partial charge in [-0.2, -0.15) is 0 Å². The summed E-state index contributed by atoms with van der Waals surface area (Å²) in [6.45, 7) is 7.06. The number of hydrogen-bond acceptors (Lipinski definition) is 2. The van der Waals surface area contributed by atoms with Crippen molar-refractivity contribution < 1.29 is 9.59 Å². The van der Waals surface area contributed by atoms with Crippen molar-refractivity contribution in [2.75, 3.05) is 11.4 Å². The molecule has 0 saturated carbocycles. The summed E-state index contributed by atoms with van der Waals surface area (Å²) in [6, 6.07) is 14.1. The van der Waals surface area contributed by atoms with Gasteiger partial charge in [-0.1, -0.05) is 35.9 Å². The van der Waals surface area contributed by atoms with Gasteiger partial charge in [0, 0.05) is 25.2 Å². The average molecular weight is 336 g/mol. The molecule has 1 heterocycles. The maximum absolute atomic E-state index is 12.4. The van der Waals surface area contributed by atoms with Crippen LogP contribution in [0.2, 0.25) is 0 Å². The smallest absolute Gasteiger partial charge is 0.227 e. The molecule has 0 spiro atoms. The highest BCUT2D eigenvalue weighted by Gasteiger charge is 2.35. The fourth-order valence-corrected chi connectivity index (χ4v) is 3.07. The normalized spacial score (nSPS) is 17.0. The first-order valence-corrected chi connectivity index (χ1v) is 8.65. The Bertz CT molecular complexity index is 796.